The highest BCUT2D eigenvalue weighted by Gasteiger charge is 2.35. The van der Waals surface area contributed by atoms with Gasteiger partial charge in [0.05, 0.1) is 17.2 Å². The fourth-order valence-electron chi connectivity index (χ4n) is 4.10. The van der Waals surface area contributed by atoms with Crippen molar-refractivity contribution in [2.45, 2.75) is 31.2 Å². The maximum atomic E-state index is 13.7. The molecule has 4 rings (SSSR count). The first-order valence-corrected chi connectivity index (χ1v) is 12.1. The number of rotatable bonds is 7. The quantitative estimate of drug-likeness (QED) is 0.540. The molecular formula is C25H26N2O4S. The molecule has 0 spiro atoms. The highest BCUT2D eigenvalue weighted by Crippen LogP contribution is 2.35. The molecule has 0 saturated carbocycles. The van der Waals surface area contributed by atoms with Gasteiger partial charge in [0.1, 0.15) is 12.3 Å². The lowest BCUT2D eigenvalue weighted by atomic mass is 10.1. The topological polar surface area (TPSA) is 66.9 Å². The summed E-state index contributed by atoms with van der Waals surface area (Å²) in [6.07, 6.45) is 0.739. The van der Waals surface area contributed by atoms with E-state index in [0.717, 1.165) is 22.0 Å². The lowest BCUT2D eigenvalue weighted by Gasteiger charge is -2.29. The molecule has 0 N–H and O–H groups in total. The Hall–Kier alpha value is -3.32. The van der Waals surface area contributed by atoms with Gasteiger partial charge >= 0.3 is 0 Å². The molecule has 6 nitrogen and oxygen atoms in total. The Bertz CT molecular complexity index is 1210. The van der Waals surface area contributed by atoms with Gasteiger partial charge in [0.15, 0.2) is 0 Å². The first-order chi connectivity index (χ1) is 15.4. The van der Waals surface area contributed by atoms with Gasteiger partial charge in [0, 0.05) is 11.7 Å². The van der Waals surface area contributed by atoms with Crippen LogP contribution in [0, 0.1) is 0 Å². The smallest absolute Gasteiger partial charge is 0.264 e. The number of carbonyl (C=O) groups excluding carboxylic acids is 1. The molecule has 1 aliphatic heterocycles. The lowest BCUT2D eigenvalue weighted by Crippen LogP contribution is -2.45. The van der Waals surface area contributed by atoms with Crippen LogP contribution in [0.25, 0.3) is 0 Å². The highest BCUT2D eigenvalue weighted by atomic mass is 32.2. The lowest BCUT2D eigenvalue weighted by molar-refractivity contribution is -0.117. The minimum atomic E-state index is -4.01. The summed E-state index contributed by atoms with van der Waals surface area (Å²) in [5.74, 6) is 0.130. The molecule has 0 saturated heterocycles. The van der Waals surface area contributed by atoms with Crippen molar-refractivity contribution in [3.63, 3.8) is 0 Å². The predicted octanol–water partition coefficient (Wildman–Crippen LogP) is 4.26. The van der Waals surface area contributed by atoms with Gasteiger partial charge in [-0.25, -0.2) is 8.42 Å². The monoisotopic (exact) mass is 450 g/mol. The van der Waals surface area contributed by atoms with Crippen molar-refractivity contribution in [1.29, 1.82) is 0 Å². The van der Waals surface area contributed by atoms with Crippen LogP contribution in [-0.4, -0.2) is 33.5 Å². The second-order valence-electron chi connectivity index (χ2n) is 7.67. The molecule has 1 aliphatic rings. The normalized spacial score (nSPS) is 15.3. The van der Waals surface area contributed by atoms with Crippen LogP contribution >= 0.6 is 0 Å². The van der Waals surface area contributed by atoms with E-state index in [1.165, 1.54) is 12.1 Å². The van der Waals surface area contributed by atoms with E-state index in [4.69, 9.17) is 4.74 Å². The first-order valence-electron chi connectivity index (χ1n) is 10.6. The minimum absolute atomic E-state index is 0.0525. The van der Waals surface area contributed by atoms with Crippen molar-refractivity contribution >= 4 is 27.3 Å². The molecule has 3 aromatic carbocycles. The SMILES string of the molecule is CCOc1ccccc1N(CC(=O)N1c2ccccc2CC1C)S(=O)(=O)c1ccccc1. The molecule has 1 unspecified atom stereocenters. The Balaban J connectivity index is 1.77. The number of hydrogen-bond acceptors (Lipinski definition) is 4. The van der Waals surface area contributed by atoms with Crippen LogP contribution < -0.4 is 13.9 Å². The Morgan fingerprint density at radius 1 is 1.00 bits per heavy atom. The minimum Gasteiger partial charge on any atom is -0.492 e. The average Bonchev–Trinajstić information content (AvgIpc) is 3.14. The van der Waals surface area contributed by atoms with Crippen LogP contribution in [-0.2, 0) is 21.2 Å². The largest absolute Gasteiger partial charge is 0.492 e. The third-order valence-corrected chi connectivity index (χ3v) is 7.29. The molecule has 1 amide bonds. The molecule has 32 heavy (non-hydrogen) atoms. The fraction of sp³-hybridized carbons (Fsp3) is 0.240. The molecule has 0 aliphatic carbocycles. The van der Waals surface area contributed by atoms with Crippen LogP contribution in [0.2, 0.25) is 0 Å². The number of fused-ring (bicyclic) bond motifs is 1. The summed E-state index contributed by atoms with van der Waals surface area (Å²) in [6, 6.07) is 22.7. The van der Waals surface area contributed by atoms with Crippen LogP contribution in [0.15, 0.2) is 83.8 Å². The summed E-state index contributed by atoms with van der Waals surface area (Å²) < 4.78 is 34.2. The van der Waals surface area contributed by atoms with E-state index in [0.29, 0.717) is 18.0 Å². The van der Waals surface area contributed by atoms with E-state index in [1.54, 1.807) is 47.4 Å². The van der Waals surface area contributed by atoms with Gasteiger partial charge in [0.2, 0.25) is 5.91 Å². The Kier molecular flexibility index (Phi) is 6.19. The number of anilines is 2. The number of ether oxygens (including phenoxy) is 1. The number of para-hydroxylation sites is 3. The van der Waals surface area contributed by atoms with Crippen LogP contribution in [0.5, 0.6) is 5.75 Å². The Morgan fingerprint density at radius 2 is 1.66 bits per heavy atom. The standard InChI is InChI=1S/C25H26N2O4S/c1-3-31-24-16-10-9-15-23(24)26(32(29,30)21-12-5-4-6-13-21)18-25(28)27-19(2)17-20-11-7-8-14-22(20)27/h4-16,19H,3,17-18H2,1-2H3. The van der Waals surface area contributed by atoms with Crippen molar-refractivity contribution in [2.75, 3.05) is 22.4 Å². The van der Waals surface area contributed by atoms with Gasteiger partial charge < -0.3 is 9.64 Å². The van der Waals surface area contributed by atoms with E-state index < -0.39 is 10.0 Å². The summed E-state index contributed by atoms with van der Waals surface area (Å²) in [4.78, 5) is 15.3. The molecule has 166 valence electrons. The summed E-state index contributed by atoms with van der Waals surface area (Å²) in [7, 11) is -4.01. The van der Waals surface area contributed by atoms with Crippen molar-refractivity contribution < 1.29 is 17.9 Å². The van der Waals surface area contributed by atoms with Crippen molar-refractivity contribution in [3.05, 3.63) is 84.4 Å². The molecule has 1 atom stereocenters. The number of sulfonamides is 1. The van der Waals surface area contributed by atoms with E-state index in [1.807, 2.05) is 38.1 Å². The Morgan fingerprint density at radius 3 is 2.41 bits per heavy atom. The summed E-state index contributed by atoms with van der Waals surface area (Å²) in [5.41, 5.74) is 2.26. The van der Waals surface area contributed by atoms with E-state index in [2.05, 4.69) is 0 Å². The van der Waals surface area contributed by atoms with E-state index in [9.17, 15) is 13.2 Å². The Labute approximate surface area is 189 Å². The molecule has 0 bridgehead atoms. The van der Waals surface area contributed by atoms with Crippen molar-refractivity contribution in [1.82, 2.24) is 0 Å². The molecule has 7 heteroatoms. The number of carbonyl (C=O) groups is 1. The second-order valence-corrected chi connectivity index (χ2v) is 9.53. The third kappa shape index (κ3) is 4.08. The van der Waals surface area contributed by atoms with E-state index >= 15 is 0 Å². The summed E-state index contributed by atoms with van der Waals surface area (Å²) in [5, 5.41) is 0. The van der Waals surface area contributed by atoms with Crippen LogP contribution in [0.3, 0.4) is 0 Å². The van der Waals surface area contributed by atoms with Gasteiger partial charge in [-0.15, -0.1) is 0 Å². The van der Waals surface area contributed by atoms with Crippen molar-refractivity contribution in [2.24, 2.45) is 0 Å². The summed E-state index contributed by atoms with van der Waals surface area (Å²) in [6.45, 7) is 3.85. The highest BCUT2D eigenvalue weighted by molar-refractivity contribution is 7.92. The molecule has 1 heterocycles. The second kappa shape index (κ2) is 9.04. The summed E-state index contributed by atoms with van der Waals surface area (Å²) >= 11 is 0. The maximum Gasteiger partial charge on any atom is 0.264 e. The molecule has 0 aromatic heterocycles. The van der Waals surface area contributed by atoms with Crippen LogP contribution in [0.4, 0.5) is 11.4 Å². The molecule has 0 fully saturated rings. The number of nitrogens with zero attached hydrogens (tertiary/aromatic N) is 2. The fourth-order valence-corrected chi connectivity index (χ4v) is 5.55. The van der Waals surface area contributed by atoms with Gasteiger partial charge in [-0.1, -0.05) is 48.5 Å². The average molecular weight is 451 g/mol. The van der Waals surface area contributed by atoms with Crippen molar-refractivity contribution in [3.8, 4) is 5.75 Å². The first kappa shape index (κ1) is 21.9. The number of benzene rings is 3. The third-order valence-electron chi connectivity index (χ3n) is 5.52. The zero-order valence-corrected chi connectivity index (χ0v) is 19.0. The molecule has 3 aromatic rings. The van der Waals surface area contributed by atoms with Gasteiger partial charge in [-0.05, 0) is 56.2 Å². The molecule has 0 radical (unpaired) electrons. The number of amides is 1. The van der Waals surface area contributed by atoms with Crippen LogP contribution in [0.1, 0.15) is 19.4 Å². The van der Waals surface area contributed by atoms with Gasteiger partial charge in [-0.3, -0.25) is 9.10 Å². The zero-order valence-electron chi connectivity index (χ0n) is 18.1. The maximum absolute atomic E-state index is 13.7. The van der Waals surface area contributed by atoms with Gasteiger partial charge in [0.25, 0.3) is 10.0 Å². The predicted molar refractivity (Wildman–Crippen MR) is 126 cm³/mol. The number of hydrogen-bond donors (Lipinski definition) is 0. The zero-order chi connectivity index (χ0) is 22.7. The van der Waals surface area contributed by atoms with E-state index in [-0.39, 0.29) is 23.4 Å². The molecular weight excluding hydrogens is 424 g/mol. The van der Waals surface area contributed by atoms with Gasteiger partial charge in [-0.2, -0.15) is 0 Å².